The largest absolute Gasteiger partial charge is 0.391 e. The fourth-order valence-corrected chi connectivity index (χ4v) is 3.67. The zero-order valence-corrected chi connectivity index (χ0v) is 15.4. The summed E-state index contributed by atoms with van der Waals surface area (Å²) in [6.45, 7) is 7.66. The molecule has 0 amide bonds. The van der Waals surface area contributed by atoms with Crippen molar-refractivity contribution in [2.75, 3.05) is 13.2 Å². The Bertz CT molecular complexity index is 620. The molecule has 2 aromatic rings. The summed E-state index contributed by atoms with van der Waals surface area (Å²) >= 11 is 0. The summed E-state index contributed by atoms with van der Waals surface area (Å²) in [4.78, 5) is 0. The highest BCUT2D eigenvalue weighted by Gasteiger charge is 2.35. The Labute approximate surface area is 151 Å². The van der Waals surface area contributed by atoms with Crippen LogP contribution < -0.4 is 5.32 Å². The van der Waals surface area contributed by atoms with Crippen LogP contribution in [0.25, 0.3) is 0 Å². The van der Waals surface area contributed by atoms with E-state index in [1.807, 2.05) is 0 Å². The monoisotopic (exact) mass is 339 g/mol. The number of rotatable bonds is 5. The highest BCUT2D eigenvalue weighted by molar-refractivity contribution is 5.36. The van der Waals surface area contributed by atoms with Crippen molar-refractivity contribution in [1.82, 2.24) is 5.32 Å². The number of nitrogens with one attached hydrogen (secondary N) is 1. The first-order chi connectivity index (χ1) is 12.1. The van der Waals surface area contributed by atoms with Crippen LogP contribution in [0.3, 0.4) is 0 Å². The molecule has 0 aromatic heterocycles. The van der Waals surface area contributed by atoms with E-state index in [2.05, 4.69) is 74.6 Å². The standard InChI is InChI=1S/C22H29NO2/c1-4-23-19-14-25-21(13-20(19)24)22(17-9-5-15(2)6-10-17)18-11-7-16(3)8-12-18/h5-12,19-24H,4,13-14H2,1-3H3/t19-,20?,21+/m1/s1. The van der Waals surface area contributed by atoms with Crippen molar-refractivity contribution in [3.05, 3.63) is 70.8 Å². The maximum absolute atomic E-state index is 10.6. The predicted molar refractivity (Wildman–Crippen MR) is 102 cm³/mol. The van der Waals surface area contributed by atoms with Gasteiger partial charge in [0.2, 0.25) is 0 Å². The Morgan fingerprint density at radius 3 is 1.96 bits per heavy atom. The van der Waals surface area contributed by atoms with Crippen molar-refractivity contribution in [1.29, 1.82) is 0 Å². The van der Waals surface area contributed by atoms with E-state index >= 15 is 0 Å². The number of hydrogen-bond acceptors (Lipinski definition) is 3. The van der Waals surface area contributed by atoms with Crippen molar-refractivity contribution in [2.45, 2.75) is 51.4 Å². The first-order valence-corrected chi connectivity index (χ1v) is 9.24. The van der Waals surface area contributed by atoms with E-state index in [9.17, 15) is 5.11 Å². The van der Waals surface area contributed by atoms with E-state index in [-0.39, 0.29) is 24.2 Å². The zero-order valence-electron chi connectivity index (χ0n) is 15.4. The van der Waals surface area contributed by atoms with Crippen LogP contribution in [0, 0.1) is 13.8 Å². The van der Waals surface area contributed by atoms with E-state index in [0.717, 1.165) is 6.54 Å². The van der Waals surface area contributed by atoms with Gasteiger partial charge >= 0.3 is 0 Å². The number of hydrogen-bond donors (Lipinski definition) is 2. The molecule has 0 aliphatic carbocycles. The Balaban J connectivity index is 1.89. The second-order valence-corrected chi connectivity index (χ2v) is 7.14. The number of likely N-dealkylation sites (N-methyl/N-ethyl adjacent to an activating group) is 1. The maximum atomic E-state index is 10.6. The van der Waals surface area contributed by atoms with Crippen LogP contribution in [0.1, 0.15) is 41.5 Å². The number of aliphatic hydroxyl groups is 1. The van der Waals surface area contributed by atoms with Gasteiger partial charge in [-0.1, -0.05) is 66.6 Å². The van der Waals surface area contributed by atoms with Crippen LogP contribution in [0.15, 0.2) is 48.5 Å². The maximum Gasteiger partial charge on any atom is 0.0740 e. The van der Waals surface area contributed by atoms with Crippen LogP contribution in [-0.2, 0) is 4.74 Å². The molecule has 0 radical (unpaired) electrons. The summed E-state index contributed by atoms with van der Waals surface area (Å²) < 4.78 is 6.22. The van der Waals surface area contributed by atoms with E-state index in [0.29, 0.717) is 13.0 Å². The summed E-state index contributed by atoms with van der Waals surface area (Å²) in [6, 6.07) is 17.4. The molecule has 134 valence electrons. The van der Waals surface area contributed by atoms with Gasteiger partial charge in [-0.25, -0.2) is 0 Å². The third-order valence-corrected chi connectivity index (χ3v) is 5.14. The molecule has 0 bridgehead atoms. The van der Waals surface area contributed by atoms with Crippen LogP contribution >= 0.6 is 0 Å². The molecule has 25 heavy (non-hydrogen) atoms. The quantitative estimate of drug-likeness (QED) is 0.875. The van der Waals surface area contributed by atoms with Crippen LogP contribution in [0.2, 0.25) is 0 Å². The van der Waals surface area contributed by atoms with Crippen LogP contribution in [0.4, 0.5) is 0 Å². The van der Waals surface area contributed by atoms with Gasteiger partial charge in [0.1, 0.15) is 0 Å². The van der Waals surface area contributed by atoms with Gasteiger partial charge < -0.3 is 15.2 Å². The molecule has 1 saturated heterocycles. The van der Waals surface area contributed by atoms with Crippen LogP contribution in [-0.4, -0.2) is 36.5 Å². The lowest BCUT2D eigenvalue weighted by atomic mass is 9.82. The summed E-state index contributed by atoms with van der Waals surface area (Å²) in [6.07, 6.45) is 0.247. The first-order valence-electron chi connectivity index (χ1n) is 9.24. The molecule has 1 aliphatic heterocycles. The second-order valence-electron chi connectivity index (χ2n) is 7.14. The number of benzene rings is 2. The molecule has 0 spiro atoms. The molecule has 1 fully saturated rings. The molecule has 2 N–H and O–H groups in total. The summed E-state index contributed by atoms with van der Waals surface area (Å²) in [5.74, 6) is 0.137. The minimum absolute atomic E-state index is 0.0182. The molecule has 3 nitrogen and oxygen atoms in total. The van der Waals surface area contributed by atoms with Gasteiger partial charge in [0.15, 0.2) is 0 Å². The number of ether oxygens (including phenoxy) is 1. The smallest absolute Gasteiger partial charge is 0.0740 e. The molecular formula is C22H29NO2. The molecule has 1 heterocycles. The van der Waals surface area contributed by atoms with Gasteiger partial charge in [-0.05, 0) is 31.5 Å². The van der Waals surface area contributed by atoms with Gasteiger partial charge in [-0.3, -0.25) is 0 Å². The summed E-state index contributed by atoms with van der Waals surface area (Å²) in [5, 5.41) is 13.9. The molecule has 0 saturated carbocycles. The average Bonchev–Trinajstić information content (AvgIpc) is 2.61. The molecule has 3 rings (SSSR count). The fourth-order valence-electron chi connectivity index (χ4n) is 3.67. The molecule has 3 atom stereocenters. The van der Waals surface area contributed by atoms with E-state index < -0.39 is 0 Å². The van der Waals surface area contributed by atoms with Crippen LogP contribution in [0.5, 0.6) is 0 Å². The van der Waals surface area contributed by atoms with E-state index in [1.54, 1.807) is 0 Å². The molecule has 2 aromatic carbocycles. The highest BCUT2D eigenvalue weighted by atomic mass is 16.5. The summed E-state index contributed by atoms with van der Waals surface area (Å²) in [7, 11) is 0. The summed E-state index contributed by atoms with van der Waals surface area (Å²) in [5.41, 5.74) is 4.99. The minimum Gasteiger partial charge on any atom is -0.391 e. The topological polar surface area (TPSA) is 41.5 Å². The Kier molecular flexibility index (Phi) is 5.89. The lowest BCUT2D eigenvalue weighted by Gasteiger charge is -2.38. The fraction of sp³-hybridized carbons (Fsp3) is 0.455. The average molecular weight is 339 g/mol. The highest BCUT2D eigenvalue weighted by Crippen LogP contribution is 2.34. The van der Waals surface area contributed by atoms with Gasteiger partial charge in [-0.15, -0.1) is 0 Å². The third kappa shape index (κ3) is 4.30. The van der Waals surface area contributed by atoms with Crippen molar-refractivity contribution in [2.24, 2.45) is 0 Å². The molecule has 1 aliphatic rings. The lowest BCUT2D eigenvalue weighted by molar-refractivity contribution is -0.0710. The van der Waals surface area contributed by atoms with Gasteiger partial charge in [0, 0.05) is 12.3 Å². The first kappa shape index (κ1) is 18.1. The zero-order chi connectivity index (χ0) is 17.8. The lowest BCUT2D eigenvalue weighted by Crippen LogP contribution is -2.50. The van der Waals surface area contributed by atoms with Crippen molar-refractivity contribution in [3.63, 3.8) is 0 Å². The Morgan fingerprint density at radius 1 is 1.00 bits per heavy atom. The normalized spacial score (nSPS) is 23.8. The van der Waals surface area contributed by atoms with Gasteiger partial charge in [0.05, 0.1) is 24.9 Å². The molecular weight excluding hydrogens is 310 g/mol. The SMILES string of the molecule is CCN[C@@H]1CO[C@H](C(c2ccc(C)cc2)c2ccc(C)cc2)CC1O. The van der Waals surface area contributed by atoms with Crippen molar-refractivity contribution >= 4 is 0 Å². The third-order valence-electron chi connectivity index (χ3n) is 5.14. The minimum atomic E-state index is -0.378. The predicted octanol–water partition coefficient (Wildman–Crippen LogP) is 3.56. The van der Waals surface area contributed by atoms with Gasteiger partial charge in [0.25, 0.3) is 0 Å². The van der Waals surface area contributed by atoms with Gasteiger partial charge in [-0.2, -0.15) is 0 Å². The number of aliphatic hydroxyl groups excluding tert-OH is 1. The Morgan fingerprint density at radius 2 is 1.52 bits per heavy atom. The second kappa shape index (κ2) is 8.13. The molecule has 3 heteroatoms. The Hall–Kier alpha value is -1.68. The van der Waals surface area contributed by atoms with Crippen molar-refractivity contribution in [3.8, 4) is 0 Å². The van der Waals surface area contributed by atoms with E-state index in [1.165, 1.54) is 22.3 Å². The van der Waals surface area contributed by atoms with Crippen molar-refractivity contribution < 1.29 is 9.84 Å². The number of aryl methyl sites for hydroxylation is 2. The molecule has 1 unspecified atom stereocenters. The van der Waals surface area contributed by atoms with E-state index in [4.69, 9.17) is 4.74 Å².